The van der Waals surface area contributed by atoms with Crippen molar-refractivity contribution in [2.45, 2.75) is 38.6 Å². The van der Waals surface area contributed by atoms with Crippen LogP contribution in [0.15, 0.2) is 18.2 Å². The average molecular weight is 285 g/mol. The predicted octanol–water partition coefficient (Wildman–Crippen LogP) is 2.27. The normalized spacial score (nSPS) is 11.9. The van der Waals surface area contributed by atoms with Crippen molar-refractivity contribution in [1.29, 1.82) is 0 Å². The average Bonchev–Trinajstić information content (AvgIpc) is 2.39. The zero-order chi connectivity index (χ0) is 15.1. The second-order valence-electron chi connectivity index (χ2n) is 4.46. The van der Waals surface area contributed by atoms with E-state index >= 15 is 0 Å². The van der Waals surface area contributed by atoms with Crippen LogP contribution < -0.4 is 5.32 Å². The van der Waals surface area contributed by atoms with Crippen LogP contribution in [0.3, 0.4) is 0 Å². The van der Waals surface area contributed by atoms with Crippen molar-refractivity contribution in [1.82, 2.24) is 5.32 Å². The first-order valence-corrected chi connectivity index (χ1v) is 6.40. The van der Waals surface area contributed by atoms with Crippen LogP contribution in [-0.2, 0) is 16.0 Å². The minimum absolute atomic E-state index is 0.0692. The summed E-state index contributed by atoms with van der Waals surface area (Å²) in [5.74, 6) is -2.53. The number of benzene rings is 1. The van der Waals surface area contributed by atoms with Gasteiger partial charge in [-0.2, -0.15) is 0 Å². The number of carbonyl (C=O) groups is 2. The summed E-state index contributed by atoms with van der Waals surface area (Å²) in [7, 11) is 0. The van der Waals surface area contributed by atoms with Gasteiger partial charge in [-0.1, -0.05) is 6.92 Å². The zero-order valence-corrected chi connectivity index (χ0v) is 11.2. The molecule has 1 unspecified atom stereocenters. The second-order valence-corrected chi connectivity index (χ2v) is 4.46. The summed E-state index contributed by atoms with van der Waals surface area (Å²) in [6.45, 7) is 1.65. The van der Waals surface area contributed by atoms with Crippen LogP contribution >= 0.6 is 0 Å². The molecule has 0 heterocycles. The van der Waals surface area contributed by atoms with Crippen LogP contribution in [-0.4, -0.2) is 23.0 Å². The molecule has 4 nitrogen and oxygen atoms in total. The van der Waals surface area contributed by atoms with Crippen molar-refractivity contribution in [3.8, 4) is 0 Å². The van der Waals surface area contributed by atoms with Gasteiger partial charge in [0.1, 0.15) is 17.7 Å². The van der Waals surface area contributed by atoms with E-state index in [1.807, 2.05) is 0 Å². The topological polar surface area (TPSA) is 66.4 Å². The lowest BCUT2D eigenvalue weighted by Crippen LogP contribution is -2.40. The molecule has 6 heteroatoms. The van der Waals surface area contributed by atoms with E-state index in [2.05, 4.69) is 5.32 Å². The molecule has 1 aromatic rings. The van der Waals surface area contributed by atoms with Crippen LogP contribution in [0.4, 0.5) is 8.78 Å². The van der Waals surface area contributed by atoms with E-state index in [1.54, 1.807) is 6.92 Å². The molecule has 0 fully saturated rings. The summed E-state index contributed by atoms with van der Waals surface area (Å²) in [5, 5.41) is 11.2. The van der Waals surface area contributed by atoms with E-state index in [0.29, 0.717) is 12.8 Å². The number of aryl methyl sites for hydroxylation is 1. The fraction of sp³-hybridized carbons (Fsp3) is 0.429. The van der Waals surface area contributed by atoms with Crippen molar-refractivity contribution < 1.29 is 23.5 Å². The number of halogens is 2. The van der Waals surface area contributed by atoms with Gasteiger partial charge in [0.15, 0.2) is 0 Å². The Balaban J connectivity index is 2.42. The summed E-state index contributed by atoms with van der Waals surface area (Å²) in [6, 6.07) is 2.26. The lowest BCUT2D eigenvalue weighted by molar-refractivity contribution is -0.141. The predicted molar refractivity (Wildman–Crippen MR) is 69.2 cm³/mol. The van der Waals surface area contributed by atoms with Crippen LogP contribution in [0, 0.1) is 11.6 Å². The van der Waals surface area contributed by atoms with Gasteiger partial charge in [0.2, 0.25) is 5.91 Å². The maximum atomic E-state index is 13.3. The molecule has 1 rings (SSSR count). The first-order valence-electron chi connectivity index (χ1n) is 6.40. The Morgan fingerprint density at radius 3 is 2.65 bits per heavy atom. The molecule has 20 heavy (non-hydrogen) atoms. The smallest absolute Gasteiger partial charge is 0.326 e. The van der Waals surface area contributed by atoms with E-state index in [9.17, 15) is 18.4 Å². The highest BCUT2D eigenvalue weighted by Crippen LogP contribution is 2.12. The van der Waals surface area contributed by atoms with Crippen LogP contribution in [0.1, 0.15) is 31.7 Å². The Kier molecular flexibility index (Phi) is 6.09. The molecule has 0 bridgehead atoms. The summed E-state index contributed by atoms with van der Waals surface area (Å²) in [6.07, 6.45) is 0.905. The Morgan fingerprint density at radius 1 is 1.35 bits per heavy atom. The molecule has 0 saturated heterocycles. The quantitative estimate of drug-likeness (QED) is 0.807. The Morgan fingerprint density at radius 2 is 2.05 bits per heavy atom. The van der Waals surface area contributed by atoms with Crippen molar-refractivity contribution >= 4 is 11.9 Å². The van der Waals surface area contributed by atoms with Gasteiger partial charge in [-0.15, -0.1) is 0 Å². The van der Waals surface area contributed by atoms with Gasteiger partial charge in [0.05, 0.1) is 0 Å². The number of carboxylic acid groups (broad SMARTS) is 1. The summed E-state index contributed by atoms with van der Waals surface area (Å²) in [4.78, 5) is 22.3. The third-order valence-corrected chi connectivity index (χ3v) is 2.90. The molecule has 1 aromatic carbocycles. The van der Waals surface area contributed by atoms with Gasteiger partial charge < -0.3 is 10.4 Å². The second kappa shape index (κ2) is 7.57. The van der Waals surface area contributed by atoms with Gasteiger partial charge >= 0.3 is 5.97 Å². The molecular formula is C14H17F2NO3. The first-order chi connectivity index (χ1) is 9.43. The lowest BCUT2D eigenvalue weighted by atomic mass is 10.1. The summed E-state index contributed by atoms with van der Waals surface area (Å²) >= 11 is 0. The Bertz CT molecular complexity index is 491. The number of nitrogens with one attached hydrogen (secondary N) is 1. The van der Waals surface area contributed by atoms with E-state index in [4.69, 9.17) is 5.11 Å². The number of amides is 1. The SMILES string of the molecule is CCC(NC(=O)CCCc1cc(F)ccc1F)C(=O)O. The molecule has 0 aliphatic rings. The monoisotopic (exact) mass is 285 g/mol. The van der Waals surface area contributed by atoms with Gasteiger partial charge in [0.25, 0.3) is 0 Å². The molecule has 0 aliphatic heterocycles. The van der Waals surface area contributed by atoms with Gasteiger partial charge in [-0.05, 0) is 43.0 Å². The molecule has 1 atom stereocenters. The fourth-order valence-corrected chi connectivity index (χ4v) is 1.78. The molecule has 0 aromatic heterocycles. The molecule has 110 valence electrons. The molecule has 0 aliphatic carbocycles. The molecule has 0 spiro atoms. The zero-order valence-electron chi connectivity index (χ0n) is 11.2. The Hall–Kier alpha value is -1.98. The number of carbonyl (C=O) groups excluding carboxylic acids is 1. The summed E-state index contributed by atoms with van der Waals surface area (Å²) in [5.41, 5.74) is 0.211. The van der Waals surface area contributed by atoms with Crippen LogP contribution in [0.2, 0.25) is 0 Å². The molecular weight excluding hydrogens is 268 g/mol. The van der Waals surface area contributed by atoms with E-state index in [0.717, 1.165) is 18.2 Å². The highest BCUT2D eigenvalue weighted by Gasteiger charge is 2.17. The van der Waals surface area contributed by atoms with Crippen molar-refractivity contribution in [2.75, 3.05) is 0 Å². The maximum Gasteiger partial charge on any atom is 0.326 e. The third-order valence-electron chi connectivity index (χ3n) is 2.90. The van der Waals surface area contributed by atoms with E-state index in [1.165, 1.54) is 0 Å². The van der Waals surface area contributed by atoms with E-state index in [-0.39, 0.29) is 18.4 Å². The minimum atomic E-state index is -1.09. The third kappa shape index (κ3) is 4.95. The van der Waals surface area contributed by atoms with E-state index < -0.39 is 29.6 Å². The fourth-order valence-electron chi connectivity index (χ4n) is 1.78. The number of aliphatic carboxylic acids is 1. The number of hydrogen-bond donors (Lipinski definition) is 2. The standard InChI is InChI=1S/C14H17F2NO3/c1-2-12(14(19)20)17-13(18)5-3-4-9-8-10(15)6-7-11(9)16/h6-8,12H,2-5H2,1H3,(H,17,18)(H,19,20). The van der Waals surface area contributed by atoms with Crippen LogP contribution in [0.5, 0.6) is 0 Å². The molecule has 2 N–H and O–H groups in total. The van der Waals surface area contributed by atoms with Crippen LogP contribution in [0.25, 0.3) is 0 Å². The van der Waals surface area contributed by atoms with Gasteiger partial charge in [-0.25, -0.2) is 13.6 Å². The Labute approximate surface area is 115 Å². The maximum absolute atomic E-state index is 13.3. The molecule has 0 saturated carbocycles. The minimum Gasteiger partial charge on any atom is -0.480 e. The van der Waals surface area contributed by atoms with Gasteiger partial charge in [-0.3, -0.25) is 4.79 Å². The molecule has 0 radical (unpaired) electrons. The largest absolute Gasteiger partial charge is 0.480 e. The highest BCUT2D eigenvalue weighted by atomic mass is 19.1. The van der Waals surface area contributed by atoms with Gasteiger partial charge in [0, 0.05) is 6.42 Å². The number of hydrogen-bond acceptors (Lipinski definition) is 2. The highest BCUT2D eigenvalue weighted by molar-refractivity contribution is 5.83. The number of rotatable bonds is 7. The first kappa shape index (κ1) is 16.1. The van der Waals surface area contributed by atoms with Crippen molar-refractivity contribution in [3.63, 3.8) is 0 Å². The van der Waals surface area contributed by atoms with Crippen molar-refractivity contribution in [3.05, 3.63) is 35.4 Å². The number of carboxylic acids is 1. The summed E-state index contributed by atoms with van der Waals surface area (Å²) < 4.78 is 26.2. The lowest BCUT2D eigenvalue weighted by Gasteiger charge is -2.12. The van der Waals surface area contributed by atoms with Crippen molar-refractivity contribution in [2.24, 2.45) is 0 Å². The molecule has 1 amide bonds.